The lowest BCUT2D eigenvalue weighted by atomic mass is 9.64. The average molecular weight is 223 g/mol. The summed E-state index contributed by atoms with van der Waals surface area (Å²) in [6.45, 7) is 4.80. The topological polar surface area (TPSA) is 26.0 Å². The van der Waals surface area contributed by atoms with E-state index in [-0.39, 0.29) is 0 Å². The highest BCUT2D eigenvalue weighted by molar-refractivity contribution is 4.89. The summed E-state index contributed by atoms with van der Waals surface area (Å²) in [4.78, 5) is 0. The van der Waals surface area contributed by atoms with E-state index in [0.717, 1.165) is 23.7 Å². The van der Waals surface area contributed by atoms with E-state index in [2.05, 4.69) is 13.8 Å². The minimum Gasteiger partial charge on any atom is -0.327 e. The van der Waals surface area contributed by atoms with Crippen molar-refractivity contribution in [2.75, 3.05) is 0 Å². The molecule has 2 N–H and O–H groups in total. The van der Waals surface area contributed by atoms with E-state index in [1.165, 1.54) is 51.4 Å². The van der Waals surface area contributed by atoms with Crippen molar-refractivity contribution in [3.63, 3.8) is 0 Å². The van der Waals surface area contributed by atoms with Gasteiger partial charge in [0, 0.05) is 6.04 Å². The third-order valence-electron chi connectivity index (χ3n) is 5.26. The van der Waals surface area contributed by atoms with Gasteiger partial charge in [0.25, 0.3) is 0 Å². The molecule has 0 aliphatic heterocycles. The van der Waals surface area contributed by atoms with Crippen molar-refractivity contribution < 1.29 is 0 Å². The van der Waals surface area contributed by atoms with Crippen molar-refractivity contribution in [1.82, 2.24) is 0 Å². The summed E-state index contributed by atoms with van der Waals surface area (Å²) in [5, 5.41) is 0. The normalized spacial score (nSPS) is 45.6. The Morgan fingerprint density at radius 2 is 1.75 bits per heavy atom. The Bertz CT molecular complexity index is 213. The van der Waals surface area contributed by atoms with Crippen LogP contribution in [0.2, 0.25) is 0 Å². The van der Waals surface area contributed by atoms with Crippen LogP contribution < -0.4 is 5.73 Å². The maximum atomic E-state index is 6.39. The quantitative estimate of drug-likeness (QED) is 0.753. The summed E-state index contributed by atoms with van der Waals surface area (Å²) in [5.74, 6) is 3.70. The van der Waals surface area contributed by atoms with Gasteiger partial charge in [-0.15, -0.1) is 0 Å². The first-order valence-corrected chi connectivity index (χ1v) is 7.48. The van der Waals surface area contributed by atoms with Crippen molar-refractivity contribution in [3.8, 4) is 0 Å². The molecule has 2 saturated carbocycles. The second-order valence-electron chi connectivity index (χ2n) is 6.36. The molecule has 0 aromatic heterocycles. The molecule has 5 atom stereocenters. The van der Waals surface area contributed by atoms with Crippen LogP contribution in [0, 0.1) is 23.7 Å². The monoisotopic (exact) mass is 223 g/mol. The molecule has 0 radical (unpaired) electrons. The Morgan fingerprint density at radius 3 is 2.50 bits per heavy atom. The third kappa shape index (κ3) is 2.61. The lowest BCUT2D eigenvalue weighted by Crippen LogP contribution is -2.42. The fourth-order valence-electron chi connectivity index (χ4n) is 4.25. The van der Waals surface area contributed by atoms with Gasteiger partial charge < -0.3 is 5.73 Å². The van der Waals surface area contributed by atoms with Crippen LogP contribution in [0.25, 0.3) is 0 Å². The molecule has 2 fully saturated rings. The summed E-state index contributed by atoms with van der Waals surface area (Å²) in [6, 6.07) is 0.508. The molecule has 2 aliphatic rings. The van der Waals surface area contributed by atoms with Gasteiger partial charge in [-0.3, -0.25) is 0 Å². The molecule has 2 aliphatic carbocycles. The first-order valence-electron chi connectivity index (χ1n) is 7.48. The number of nitrogens with two attached hydrogens (primary N) is 1. The largest absolute Gasteiger partial charge is 0.327 e. The molecule has 0 heterocycles. The van der Waals surface area contributed by atoms with Crippen LogP contribution in [-0.4, -0.2) is 6.04 Å². The van der Waals surface area contributed by atoms with Crippen molar-refractivity contribution in [2.45, 2.75) is 71.3 Å². The smallest absolute Gasteiger partial charge is 0.00701 e. The van der Waals surface area contributed by atoms with E-state index < -0.39 is 0 Å². The van der Waals surface area contributed by atoms with Crippen molar-refractivity contribution >= 4 is 0 Å². The van der Waals surface area contributed by atoms with Crippen molar-refractivity contribution in [3.05, 3.63) is 0 Å². The summed E-state index contributed by atoms with van der Waals surface area (Å²) in [7, 11) is 0. The zero-order valence-electron chi connectivity index (χ0n) is 11.1. The SMILES string of the molecule is CCC1CCCCC1C1CC(C)CCC1N. The average Bonchev–Trinajstić information content (AvgIpc) is 2.32. The van der Waals surface area contributed by atoms with Gasteiger partial charge in [-0.05, 0) is 49.4 Å². The standard InChI is InChI=1S/C15H29N/c1-3-12-6-4-5-7-13(12)14-10-11(2)8-9-15(14)16/h11-15H,3-10,16H2,1-2H3. The predicted molar refractivity (Wildman–Crippen MR) is 70.2 cm³/mol. The summed E-state index contributed by atoms with van der Waals surface area (Å²) >= 11 is 0. The van der Waals surface area contributed by atoms with Crippen molar-refractivity contribution in [2.24, 2.45) is 29.4 Å². The summed E-state index contributed by atoms with van der Waals surface area (Å²) < 4.78 is 0. The molecule has 16 heavy (non-hydrogen) atoms. The van der Waals surface area contributed by atoms with Gasteiger partial charge in [-0.1, -0.05) is 39.5 Å². The fraction of sp³-hybridized carbons (Fsp3) is 1.00. The summed E-state index contributed by atoms with van der Waals surface area (Å²) in [5.41, 5.74) is 6.39. The first-order chi connectivity index (χ1) is 7.72. The van der Waals surface area contributed by atoms with Gasteiger partial charge in [-0.25, -0.2) is 0 Å². The van der Waals surface area contributed by atoms with Crippen LogP contribution in [0.1, 0.15) is 65.2 Å². The van der Waals surface area contributed by atoms with E-state index in [1.807, 2.05) is 0 Å². The van der Waals surface area contributed by atoms with Crippen LogP contribution >= 0.6 is 0 Å². The Hall–Kier alpha value is -0.0400. The molecule has 0 aromatic carbocycles. The molecular formula is C15H29N. The third-order valence-corrected chi connectivity index (χ3v) is 5.26. The minimum atomic E-state index is 0.508. The van der Waals surface area contributed by atoms with Gasteiger partial charge in [-0.2, -0.15) is 0 Å². The summed E-state index contributed by atoms with van der Waals surface area (Å²) in [6.07, 6.45) is 11.3. The van der Waals surface area contributed by atoms with Crippen LogP contribution in [0.4, 0.5) is 0 Å². The highest BCUT2D eigenvalue weighted by atomic mass is 14.7. The molecule has 0 bridgehead atoms. The Kier molecular flexibility index (Phi) is 4.29. The molecule has 1 heteroatoms. The number of hydrogen-bond donors (Lipinski definition) is 1. The van der Waals surface area contributed by atoms with Crippen LogP contribution in [0.15, 0.2) is 0 Å². The van der Waals surface area contributed by atoms with Gasteiger partial charge in [0.1, 0.15) is 0 Å². The molecule has 5 unspecified atom stereocenters. The second kappa shape index (κ2) is 5.53. The molecule has 0 spiro atoms. The van der Waals surface area contributed by atoms with Crippen LogP contribution in [-0.2, 0) is 0 Å². The van der Waals surface area contributed by atoms with E-state index in [1.54, 1.807) is 0 Å². The van der Waals surface area contributed by atoms with Crippen LogP contribution in [0.5, 0.6) is 0 Å². The van der Waals surface area contributed by atoms with Gasteiger partial charge >= 0.3 is 0 Å². The molecule has 2 rings (SSSR count). The van der Waals surface area contributed by atoms with Gasteiger partial charge in [0.2, 0.25) is 0 Å². The molecule has 1 nitrogen and oxygen atoms in total. The Balaban J connectivity index is 2.02. The zero-order chi connectivity index (χ0) is 11.5. The van der Waals surface area contributed by atoms with E-state index in [4.69, 9.17) is 5.73 Å². The molecular weight excluding hydrogens is 194 g/mol. The lowest BCUT2D eigenvalue weighted by Gasteiger charge is -2.43. The number of hydrogen-bond acceptors (Lipinski definition) is 1. The van der Waals surface area contributed by atoms with Gasteiger partial charge in [0.05, 0.1) is 0 Å². The van der Waals surface area contributed by atoms with E-state index in [9.17, 15) is 0 Å². The first kappa shape index (κ1) is 12.4. The Labute approximate surface area is 101 Å². The highest BCUT2D eigenvalue weighted by Gasteiger charge is 2.36. The molecule has 0 saturated heterocycles. The van der Waals surface area contributed by atoms with Crippen molar-refractivity contribution in [1.29, 1.82) is 0 Å². The zero-order valence-corrected chi connectivity index (χ0v) is 11.1. The van der Waals surface area contributed by atoms with Crippen LogP contribution in [0.3, 0.4) is 0 Å². The Morgan fingerprint density at radius 1 is 1.00 bits per heavy atom. The number of rotatable bonds is 2. The second-order valence-corrected chi connectivity index (χ2v) is 6.36. The maximum absolute atomic E-state index is 6.39. The fourth-order valence-corrected chi connectivity index (χ4v) is 4.25. The molecule has 0 aromatic rings. The highest BCUT2D eigenvalue weighted by Crippen LogP contribution is 2.43. The molecule has 0 amide bonds. The maximum Gasteiger partial charge on any atom is 0.00701 e. The van der Waals surface area contributed by atoms with Gasteiger partial charge in [0.15, 0.2) is 0 Å². The van der Waals surface area contributed by atoms with E-state index in [0.29, 0.717) is 6.04 Å². The lowest BCUT2D eigenvalue weighted by molar-refractivity contribution is 0.0918. The predicted octanol–water partition coefficient (Wildman–Crippen LogP) is 3.97. The van der Waals surface area contributed by atoms with E-state index >= 15 is 0 Å². The molecule has 94 valence electrons. The minimum absolute atomic E-state index is 0.508.